The first-order chi connectivity index (χ1) is 8.77. The normalized spacial score (nSPS) is 11.4. The number of rotatable bonds is 4. The molecule has 7 heteroatoms. The first-order valence-electron chi connectivity index (χ1n) is 4.97. The summed E-state index contributed by atoms with van der Waals surface area (Å²) in [6, 6.07) is 9.03. The van der Waals surface area contributed by atoms with Gasteiger partial charge in [0.05, 0.1) is 16.9 Å². The van der Waals surface area contributed by atoms with Gasteiger partial charge in [-0.05, 0) is 11.5 Å². The quantitative estimate of drug-likeness (QED) is 0.381. The molecule has 2 aromatic rings. The molecule has 0 bridgehead atoms. The maximum Gasteiger partial charge on any atom is 0.152 e. The summed E-state index contributed by atoms with van der Waals surface area (Å²) >= 11 is 0.730. The van der Waals surface area contributed by atoms with E-state index in [0.29, 0.717) is 10.3 Å². The van der Waals surface area contributed by atoms with Crippen molar-refractivity contribution in [3.05, 3.63) is 30.3 Å². The van der Waals surface area contributed by atoms with Crippen molar-refractivity contribution in [2.75, 3.05) is 7.05 Å². The molecular formula is C11H10N2O4S. The Labute approximate surface area is 107 Å². The molecular weight excluding hydrogens is 256 g/mol. The van der Waals surface area contributed by atoms with Crippen molar-refractivity contribution < 1.29 is 19.7 Å². The minimum Gasteiger partial charge on any atom is -0.505 e. The fraction of sp³-hybridized carbons (Fsp3) is 0.0909. The van der Waals surface area contributed by atoms with E-state index in [4.69, 9.17) is 5.26 Å². The summed E-state index contributed by atoms with van der Waals surface area (Å²) in [4.78, 5) is 0.478. The number of azo groups is 1. The van der Waals surface area contributed by atoms with Gasteiger partial charge in [0.25, 0.3) is 0 Å². The zero-order valence-electron chi connectivity index (χ0n) is 9.40. The van der Waals surface area contributed by atoms with E-state index in [9.17, 15) is 5.11 Å². The highest BCUT2D eigenvalue weighted by Crippen LogP contribution is 2.43. The number of fused-ring (bicyclic) bond motifs is 1. The second kappa shape index (κ2) is 5.78. The van der Waals surface area contributed by atoms with Crippen molar-refractivity contribution in [2.24, 2.45) is 10.2 Å². The molecule has 18 heavy (non-hydrogen) atoms. The minimum atomic E-state index is 0.00254. The Morgan fingerprint density at radius 2 is 2.06 bits per heavy atom. The summed E-state index contributed by atoms with van der Waals surface area (Å²) in [5.74, 6) is 0.00254. The van der Waals surface area contributed by atoms with Gasteiger partial charge in [-0.2, -0.15) is 10.2 Å². The maximum absolute atomic E-state index is 10.1. The van der Waals surface area contributed by atoms with Gasteiger partial charge in [0.2, 0.25) is 0 Å². The van der Waals surface area contributed by atoms with Gasteiger partial charge in [-0.1, -0.05) is 29.3 Å². The Balaban J connectivity index is 2.62. The van der Waals surface area contributed by atoms with Crippen molar-refractivity contribution in [1.29, 1.82) is 0 Å². The number of nitrogens with zero attached hydrogens (tertiary/aromatic N) is 2. The van der Waals surface area contributed by atoms with Gasteiger partial charge in [-0.3, -0.25) is 0 Å². The van der Waals surface area contributed by atoms with Crippen LogP contribution in [0.15, 0.2) is 45.5 Å². The van der Waals surface area contributed by atoms with Gasteiger partial charge in [0, 0.05) is 12.4 Å². The highest BCUT2D eigenvalue weighted by Gasteiger charge is 2.14. The van der Waals surface area contributed by atoms with E-state index in [0.717, 1.165) is 17.4 Å². The number of phenols is 1. The molecule has 0 spiro atoms. The molecule has 94 valence electrons. The van der Waals surface area contributed by atoms with Crippen molar-refractivity contribution in [3.63, 3.8) is 0 Å². The lowest BCUT2D eigenvalue weighted by atomic mass is 10.1. The van der Waals surface area contributed by atoms with Gasteiger partial charge in [-0.25, -0.2) is 5.26 Å². The van der Waals surface area contributed by atoms with Crippen LogP contribution >= 0.6 is 12.0 Å². The zero-order valence-corrected chi connectivity index (χ0v) is 10.2. The fourth-order valence-electron chi connectivity index (χ4n) is 1.60. The van der Waals surface area contributed by atoms with Gasteiger partial charge >= 0.3 is 0 Å². The molecule has 2 aromatic carbocycles. The third-order valence-corrected chi connectivity index (χ3v) is 2.93. The third kappa shape index (κ3) is 2.44. The van der Waals surface area contributed by atoms with Crippen LogP contribution in [0.2, 0.25) is 0 Å². The van der Waals surface area contributed by atoms with Crippen LogP contribution in [0.3, 0.4) is 0 Å². The van der Waals surface area contributed by atoms with Crippen molar-refractivity contribution >= 4 is 28.5 Å². The maximum atomic E-state index is 10.1. The smallest absolute Gasteiger partial charge is 0.152 e. The SMILES string of the molecule is C/N=N\c1c(SOOO)cc2ccccc2c1O. The molecule has 0 saturated heterocycles. The molecule has 0 aliphatic rings. The van der Waals surface area contributed by atoms with Crippen LogP contribution in [0.25, 0.3) is 10.8 Å². The van der Waals surface area contributed by atoms with Gasteiger partial charge in [0.15, 0.2) is 5.75 Å². The average Bonchev–Trinajstić information content (AvgIpc) is 2.40. The molecule has 2 rings (SSSR count). The Bertz CT molecular complexity index is 589. The number of hydrogen-bond donors (Lipinski definition) is 2. The topological polar surface area (TPSA) is 83.6 Å². The Kier molecular flexibility index (Phi) is 4.11. The zero-order chi connectivity index (χ0) is 13.0. The summed E-state index contributed by atoms with van der Waals surface area (Å²) < 4.78 is 4.37. The van der Waals surface area contributed by atoms with Crippen molar-refractivity contribution in [1.82, 2.24) is 0 Å². The Morgan fingerprint density at radius 1 is 1.28 bits per heavy atom. The molecule has 6 nitrogen and oxygen atoms in total. The minimum absolute atomic E-state index is 0.00254. The van der Waals surface area contributed by atoms with Gasteiger partial charge in [-0.15, -0.1) is 4.33 Å². The van der Waals surface area contributed by atoms with Crippen LogP contribution < -0.4 is 0 Å². The third-order valence-electron chi connectivity index (χ3n) is 2.31. The van der Waals surface area contributed by atoms with E-state index in [1.807, 2.05) is 18.2 Å². The Morgan fingerprint density at radius 3 is 2.78 bits per heavy atom. The van der Waals surface area contributed by atoms with E-state index >= 15 is 0 Å². The van der Waals surface area contributed by atoms with Crippen LogP contribution in [-0.2, 0) is 9.37 Å². The summed E-state index contributed by atoms with van der Waals surface area (Å²) in [6.07, 6.45) is 0. The van der Waals surface area contributed by atoms with E-state index in [-0.39, 0.29) is 11.4 Å². The molecule has 0 aromatic heterocycles. The largest absolute Gasteiger partial charge is 0.505 e. The van der Waals surface area contributed by atoms with Crippen LogP contribution in [0.1, 0.15) is 0 Å². The van der Waals surface area contributed by atoms with E-state index < -0.39 is 0 Å². The van der Waals surface area contributed by atoms with Crippen LogP contribution in [0.4, 0.5) is 5.69 Å². The van der Waals surface area contributed by atoms with Crippen LogP contribution in [-0.4, -0.2) is 17.4 Å². The molecule has 0 amide bonds. The molecule has 0 aliphatic heterocycles. The van der Waals surface area contributed by atoms with Crippen molar-refractivity contribution in [2.45, 2.75) is 4.90 Å². The highest BCUT2D eigenvalue weighted by molar-refractivity contribution is 7.94. The lowest BCUT2D eigenvalue weighted by Gasteiger charge is -2.08. The van der Waals surface area contributed by atoms with E-state index in [2.05, 4.69) is 19.6 Å². The lowest BCUT2D eigenvalue weighted by Crippen LogP contribution is -1.83. The lowest BCUT2D eigenvalue weighted by molar-refractivity contribution is -0.432. The number of hydrogen-bond acceptors (Lipinski definition) is 7. The predicted molar refractivity (Wildman–Crippen MR) is 66.7 cm³/mol. The van der Waals surface area contributed by atoms with Crippen LogP contribution in [0, 0.1) is 0 Å². The average molecular weight is 266 g/mol. The molecule has 0 atom stereocenters. The van der Waals surface area contributed by atoms with Gasteiger partial charge in [0.1, 0.15) is 5.69 Å². The van der Waals surface area contributed by atoms with Crippen LogP contribution in [0.5, 0.6) is 5.75 Å². The number of aromatic hydroxyl groups is 1. The van der Waals surface area contributed by atoms with Crippen molar-refractivity contribution in [3.8, 4) is 5.75 Å². The molecule has 2 N–H and O–H groups in total. The molecule has 0 fully saturated rings. The Hall–Kier alpha value is -1.67. The first-order valence-corrected chi connectivity index (χ1v) is 5.71. The first kappa shape index (κ1) is 12.8. The number of benzene rings is 2. The predicted octanol–water partition coefficient (Wildman–Crippen LogP) is 3.69. The summed E-state index contributed by atoms with van der Waals surface area (Å²) in [7, 11) is 1.49. The standard InChI is InChI=1S/C11H10N2O4S/c1-12-13-10-9(18-17-16-15)6-7-4-2-3-5-8(7)11(10)14/h2-6,14-15H,1H3/b13-12-. The second-order valence-electron chi connectivity index (χ2n) is 3.32. The van der Waals surface area contributed by atoms with Gasteiger partial charge < -0.3 is 5.11 Å². The molecule has 0 saturated carbocycles. The van der Waals surface area contributed by atoms with E-state index in [1.165, 1.54) is 7.05 Å². The highest BCUT2D eigenvalue weighted by atomic mass is 32.2. The molecule has 0 radical (unpaired) electrons. The second-order valence-corrected chi connectivity index (χ2v) is 4.06. The molecule has 0 unspecified atom stereocenters. The molecule has 0 aliphatic carbocycles. The summed E-state index contributed by atoms with van der Waals surface area (Å²) in [5, 5.41) is 30.8. The monoisotopic (exact) mass is 266 g/mol. The fourth-order valence-corrected chi connectivity index (χ4v) is 2.10. The summed E-state index contributed by atoms with van der Waals surface area (Å²) in [5.41, 5.74) is 0.262. The van der Waals surface area contributed by atoms with E-state index in [1.54, 1.807) is 12.1 Å². The molecule has 0 heterocycles. The summed E-state index contributed by atoms with van der Waals surface area (Å²) in [6.45, 7) is 0. The number of phenolic OH excluding ortho intramolecular Hbond substituents is 1.